The molecule has 2 aromatic carbocycles. The third-order valence-corrected chi connectivity index (χ3v) is 5.40. The van der Waals surface area contributed by atoms with Crippen molar-refractivity contribution in [2.75, 3.05) is 0 Å². The molecule has 124 valence electrons. The van der Waals surface area contributed by atoms with E-state index in [0.29, 0.717) is 18.4 Å². The van der Waals surface area contributed by atoms with Crippen molar-refractivity contribution in [2.24, 2.45) is 0 Å². The summed E-state index contributed by atoms with van der Waals surface area (Å²) in [4.78, 5) is 12.2. The van der Waals surface area contributed by atoms with Crippen LogP contribution in [0.15, 0.2) is 53.4 Å². The Labute approximate surface area is 141 Å². The fourth-order valence-corrected chi connectivity index (χ4v) is 3.85. The lowest BCUT2D eigenvalue weighted by atomic mass is 9.98. The van der Waals surface area contributed by atoms with Gasteiger partial charge in [-0.2, -0.15) is 8.42 Å². The van der Waals surface area contributed by atoms with E-state index in [1.165, 1.54) is 6.07 Å². The molecule has 1 aliphatic rings. The summed E-state index contributed by atoms with van der Waals surface area (Å²) in [6, 6.07) is 14.1. The molecule has 0 fully saturated rings. The topological polar surface area (TPSA) is 60.4 Å². The van der Waals surface area contributed by atoms with E-state index in [-0.39, 0.29) is 22.9 Å². The molecule has 24 heavy (non-hydrogen) atoms. The highest BCUT2D eigenvalue weighted by molar-refractivity contribution is 7.91. The van der Waals surface area contributed by atoms with Gasteiger partial charge in [0.1, 0.15) is 0 Å². The van der Waals surface area contributed by atoms with Crippen molar-refractivity contribution in [1.82, 2.24) is 0 Å². The summed E-state index contributed by atoms with van der Waals surface area (Å²) in [6.45, 7) is 1.73. The summed E-state index contributed by atoms with van der Waals surface area (Å²) < 4.78 is 30.5. The number of hydrogen-bond acceptors (Lipinski definition) is 4. The molecule has 0 amide bonds. The molecule has 0 heterocycles. The molecule has 3 rings (SSSR count). The summed E-state index contributed by atoms with van der Waals surface area (Å²) in [7, 11) is -3.93. The first kappa shape index (κ1) is 16.5. The normalized spacial score (nSPS) is 13.8. The second kappa shape index (κ2) is 6.61. The molecule has 2 aromatic rings. The lowest BCUT2D eigenvalue weighted by molar-refractivity contribution is 0.0986. The second-order valence-corrected chi connectivity index (χ2v) is 7.22. The number of para-hydroxylation sites is 1. The SMILES string of the molecule is CCC(=O)c1ccccc1OS(=O)(=O)C1=Cc2ccccc2CC1. The van der Waals surface area contributed by atoms with Crippen molar-refractivity contribution in [3.8, 4) is 5.75 Å². The van der Waals surface area contributed by atoms with E-state index >= 15 is 0 Å². The molecule has 5 heteroatoms. The zero-order valence-corrected chi connectivity index (χ0v) is 14.2. The largest absolute Gasteiger partial charge is 0.378 e. The fraction of sp³-hybridized carbons (Fsp3) is 0.211. The Morgan fingerprint density at radius 3 is 2.54 bits per heavy atom. The number of Topliss-reactive ketones (excluding diaryl/α,β-unsaturated/α-hetero) is 1. The van der Waals surface area contributed by atoms with Gasteiger partial charge in [-0.1, -0.05) is 43.3 Å². The highest BCUT2D eigenvalue weighted by Crippen LogP contribution is 2.30. The van der Waals surface area contributed by atoms with Gasteiger partial charge < -0.3 is 4.18 Å². The number of benzene rings is 2. The van der Waals surface area contributed by atoms with Gasteiger partial charge in [0.05, 0.1) is 10.5 Å². The minimum absolute atomic E-state index is 0.0871. The standard InChI is InChI=1S/C19H18O4S/c1-2-18(20)17-9-5-6-10-19(17)23-24(21,22)16-12-11-14-7-3-4-8-15(14)13-16/h3-10,13H,2,11-12H2,1H3. The van der Waals surface area contributed by atoms with E-state index in [1.807, 2.05) is 24.3 Å². The third kappa shape index (κ3) is 3.26. The number of carbonyl (C=O) groups is 1. The van der Waals surface area contributed by atoms with Gasteiger partial charge in [0.25, 0.3) is 0 Å². The maximum Gasteiger partial charge on any atom is 0.335 e. The summed E-state index contributed by atoms with van der Waals surface area (Å²) in [5.41, 5.74) is 2.31. The van der Waals surface area contributed by atoms with E-state index in [4.69, 9.17) is 4.18 Å². The van der Waals surface area contributed by atoms with Crippen LogP contribution >= 0.6 is 0 Å². The predicted octanol–water partition coefficient (Wildman–Crippen LogP) is 3.98. The minimum atomic E-state index is -3.93. The molecular weight excluding hydrogens is 324 g/mol. The molecule has 0 unspecified atom stereocenters. The number of ketones is 1. The number of rotatable bonds is 5. The van der Waals surface area contributed by atoms with Gasteiger partial charge in [0.2, 0.25) is 0 Å². The first-order valence-corrected chi connectivity index (χ1v) is 9.27. The summed E-state index contributed by atoms with van der Waals surface area (Å²) in [5, 5.41) is 0. The number of fused-ring (bicyclic) bond motifs is 1. The van der Waals surface area contributed by atoms with Gasteiger partial charge in [-0.3, -0.25) is 4.79 Å². The van der Waals surface area contributed by atoms with Crippen LogP contribution in [0.5, 0.6) is 5.75 Å². The minimum Gasteiger partial charge on any atom is -0.378 e. The van der Waals surface area contributed by atoms with Crippen molar-refractivity contribution >= 4 is 22.0 Å². The van der Waals surface area contributed by atoms with Crippen LogP contribution in [-0.4, -0.2) is 14.2 Å². The van der Waals surface area contributed by atoms with Crippen LogP contribution in [0, 0.1) is 0 Å². The van der Waals surface area contributed by atoms with Gasteiger partial charge in [-0.15, -0.1) is 0 Å². The van der Waals surface area contributed by atoms with Crippen LogP contribution in [0.3, 0.4) is 0 Å². The van der Waals surface area contributed by atoms with Gasteiger partial charge in [-0.25, -0.2) is 0 Å². The molecule has 0 aliphatic heterocycles. The molecule has 1 aliphatic carbocycles. The third-order valence-electron chi connectivity index (χ3n) is 4.04. The Morgan fingerprint density at radius 2 is 1.75 bits per heavy atom. The Balaban J connectivity index is 1.94. The summed E-state index contributed by atoms with van der Waals surface area (Å²) in [5.74, 6) is -0.0622. The van der Waals surface area contributed by atoms with E-state index in [9.17, 15) is 13.2 Å². The Morgan fingerprint density at radius 1 is 1.04 bits per heavy atom. The Bertz CT molecular complexity index is 910. The van der Waals surface area contributed by atoms with Crippen LogP contribution in [0.25, 0.3) is 6.08 Å². The fourth-order valence-electron chi connectivity index (χ4n) is 2.74. The lowest BCUT2D eigenvalue weighted by Crippen LogP contribution is -2.16. The molecule has 0 atom stereocenters. The van der Waals surface area contributed by atoms with Crippen molar-refractivity contribution in [2.45, 2.75) is 26.2 Å². The summed E-state index contributed by atoms with van der Waals surface area (Å²) >= 11 is 0. The molecule has 0 bridgehead atoms. The number of allylic oxidation sites excluding steroid dienone is 1. The van der Waals surface area contributed by atoms with Crippen LogP contribution in [0.2, 0.25) is 0 Å². The van der Waals surface area contributed by atoms with Crippen LogP contribution in [-0.2, 0) is 16.5 Å². The Hall–Kier alpha value is -2.40. The maximum atomic E-state index is 12.6. The van der Waals surface area contributed by atoms with Crippen LogP contribution in [0.4, 0.5) is 0 Å². The molecule has 0 radical (unpaired) electrons. The van der Waals surface area contributed by atoms with Crippen molar-refractivity contribution < 1.29 is 17.4 Å². The quantitative estimate of drug-likeness (QED) is 0.609. The highest BCUT2D eigenvalue weighted by atomic mass is 32.2. The van der Waals surface area contributed by atoms with Gasteiger partial charge in [0, 0.05) is 6.42 Å². The number of aryl methyl sites for hydroxylation is 1. The van der Waals surface area contributed by atoms with Crippen LogP contribution in [0.1, 0.15) is 41.3 Å². The first-order valence-electron chi connectivity index (χ1n) is 7.86. The van der Waals surface area contributed by atoms with Crippen molar-refractivity contribution in [3.05, 3.63) is 70.1 Å². The molecular formula is C19H18O4S. The average Bonchev–Trinajstić information content (AvgIpc) is 2.60. The summed E-state index contributed by atoms with van der Waals surface area (Å²) in [6.07, 6.45) is 2.98. The zero-order valence-electron chi connectivity index (χ0n) is 13.4. The first-order chi connectivity index (χ1) is 11.5. The van der Waals surface area contributed by atoms with Crippen LogP contribution < -0.4 is 4.18 Å². The number of carbonyl (C=O) groups excluding carboxylic acids is 1. The van der Waals surface area contributed by atoms with E-state index < -0.39 is 10.1 Å². The van der Waals surface area contributed by atoms with Gasteiger partial charge >= 0.3 is 10.1 Å². The van der Waals surface area contributed by atoms with E-state index in [2.05, 4.69) is 0 Å². The van der Waals surface area contributed by atoms with Gasteiger partial charge in [0.15, 0.2) is 11.5 Å². The molecule has 0 saturated heterocycles. The smallest absolute Gasteiger partial charge is 0.335 e. The second-order valence-electron chi connectivity index (χ2n) is 5.62. The molecule has 0 N–H and O–H groups in total. The van der Waals surface area contributed by atoms with Crippen molar-refractivity contribution in [1.29, 1.82) is 0 Å². The molecule has 0 saturated carbocycles. The predicted molar refractivity (Wildman–Crippen MR) is 93.4 cm³/mol. The molecule has 4 nitrogen and oxygen atoms in total. The molecule has 0 aromatic heterocycles. The lowest BCUT2D eigenvalue weighted by Gasteiger charge is -2.17. The van der Waals surface area contributed by atoms with Gasteiger partial charge in [-0.05, 0) is 42.2 Å². The Kier molecular flexibility index (Phi) is 4.53. The van der Waals surface area contributed by atoms with E-state index in [1.54, 1.807) is 31.2 Å². The zero-order chi connectivity index (χ0) is 17.2. The maximum absolute atomic E-state index is 12.6. The molecule has 0 spiro atoms. The average molecular weight is 342 g/mol. The van der Waals surface area contributed by atoms with E-state index in [0.717, 1.165) is 11.1 Å². The highest BCUT2D eigenvalue weighted by Gasteiger charge is 2.25. The number of hydrogen-bond donors (Lipinski definition) is 0. The van der Waals surface area contributed by atoms with Crippen molar-refractivity contribution in [3.63, 3.8) is 0 Å². The monoisotopic (exact) mass is 342 g/mol.